The van der Waals surface area contributed by atoms with E-state index in [2.05, 4.69) is 15.2 Å². The number of rotatable bonds is 6. The average molecular weight is 457 g/mol. The van der Waals surface area contributed by atoms with Crippen LogP contribution in [0.25, 0.3) is 0 Å². The van der Waals surface area contributed by atoms with Crippen LogP contribution in [0.3, 0.4) is 0 Å². The lowest BCUT2D eigenvalue weighted by Gasteiger charge is -2.17. The van der Waals surface area contributed by atoms with E-state index in [1.807, 2.05) is 0 Å². The lowest BCUT2D eigenvalue weighted by molar-refractivity contribution is -0.119. The van der Waals surface area contributed by atoms with E-state index in [0.717, 1.165) is 0 Å². The molecule has 2 amide bonds. The minimum absolute atomic E-state index is 0.0694. The number of carbonyl (C=O) groups is 2. The van der Waals surface area contributed by atoms with Gasteiger partial charge in [0.25, 0.3) is 0 Å². The molecule has 0 spiro atoms. The van der Waals surface area contributed by atoms with E-state index < -0.39 is 44.3 Å². The number of hydrogen-bond acceptors (Lipinski definition) is 8. The van der Waals surface area contributed by atoms with Crippen LogP contribution in [0.15, 0.2) is 33.7 Å². The van der Waals surface area contributed by atoms with Crippen LogP contribution in [-0.2, 0) is 29.6 Å². The van der Waals surface area contributed by atoms with Crippen molar-refractivity contribution in [2.24, 2.45) is 5.92 Å². The Morgan fingerprint density at radius 1 is 1.30 bits per heavy atom. The number of amides is 2. The number of carbonyl (C=O) groups excluding carboxylic acids is 2. The summed E-state index contributed by atoms with van der Waals surface area (Å²) in [6.45, 7) is 4.07. The van der Waals surface area contributed by atoms with Gasteiger partial charge in [-0.1, -0.05) is 12.1 Å². The number of benzene rings is 1. The highest BCUT2D eigenvalue weighted by atomic mass is 32.2. The molecule has 162 valence electrons. The molecule has 1 aliphatic rings. The van der Waals surface area contributed by atoms with E-state index in [1.54, 1.807) is 6.92 Å². The van der Waals surface area contributed by atoms with E-state index in [0.29, 0.717) is 10.1 Å². The van der Waals surface area contributed by atoms with Gasteiger partial charge in [-0.25, -0.2) is 25.9 Å². The quantitative estimate of drug-likeness (QED) is 0.637. The molecule has 1 atom stereocenters. The maximum atomic E-state index is 12.6. The first-order valence-corrected chi connectivity index (χ1v) is 11.9. The summed E-state index contributed by atoms with van der Waals surface area (Å²) < 4.78 is 57.2. The van der Waals surface area contributed by atoms with Crippen LogP contribution in [-0.4, -0.2) is 46.1 Å². The summed E-state index contributed by atoms with van der Waals surface area (Å²) in [6, 6.07) is 5.22. The van der Waals surface area contributed by atoms with Gasteiger partial charge in [0.05, 0.1) is 28.8 Å². The number of nitrogens with one attached hydrogen (secondary N) is 2. The van der Waals surface area contributed by atoms with Crippen molar-refractivity contribution in [2.75, 3.05) is 21.9 Å². The summed E-state index contributed by atoms with van der Waals surface area (Å²) in [6.07, 6.45) is 0. The Morgan fingerprint density at radius 2 is 2.00 bits per heavy atom. The van der Waals surface area contributed by atoms with Gasteiger partial charge in [-0.15, -0.1) is 0 Å². The Labute approximate surface area is 173 Å². The highest BCUT2D eigenvalue weighted by Gasteiger charge is 2.42. The molecular weight excluding hydrogens is 436 g/mol. The Kier molecular flexibility index (Phi) is 5.71. The Balaban J connectivity index is 1.75. The van der Waals surface area contributed by atoms with E-state index in [-0.39, 0.29) is 27.7 Å². The van der Waals surface area contributed by atoms with Gasteiger partial charge in [0.15, 0.2) is 5.82 Å². The van der Waals surface area contributed by atoms with Crippen molar-refractivity contribution >= 4 is 43.4 Å². The average Bonchev–Trinajstić information content (AvgIpc) is 3.12. The zero-order valence-electron chi connectivity index (χ0n) is 16.4. The van der Waals surface area contributed by atoms with E-state index >= 15 is 0 Å². The second-order valence-corrected chi connectivity index (χ2v) is 10.5. The number of hydrogen-bond donors (Lipinski definition) is 2. The number of anilines is 2. The van der Waals surface area contributed by atoms with E-state index in [1.165, 1.54) is 38.1 Å². The fourth-order valence-electron chi connectivity index (χ4n) is 3.00. The molecule has 30 heavy (non-hydrogen) atoms. The predicted octanol–water partition coefficient (Wildman–Crippen LogP) is 0.521. The molecule has 13 heteroatoms. The number of sulfonamides is 2. The Bertz CT molecular complexity index is 1220. The topological polar surface area (TPSA) is 156 Å². The zero-order valence-corrected chi connectivity index (χ0v) is 18.0. The fraction of sp³-hybridized carbons (Fsp3) is 0.353. The van der Waals surface area contributed by atoms with Gasteiger partial charge in [0.1, 0.15) is 5.76 Å². The van der Waals surface area contributed by atoms with Crippen LogP contribution >= 0.6 is 0 Å². The number of aromatic nitrogens is 1. The summed E-state index contributed by atoms with van der Waals surface area (Å²) in [5.41, 5.74) is 0.287. The minimum Gasteiger partial charge on any atom is -0.360 e. The molecule has 1 aromatic heterocycles. The summed E-state index contributed by atoms with van der Waals surface area (Å²) in [4.78, 5) is 24.0. The van der Waals surface area contributed by atoms with Crippen LogP contribution in [0.2, 0.25) is 0 Å². The Hall–Kier alpha value is -2.77. The molecule has 1 aliphatic heterocycles. The first-order valence-electron chi connectivity index (χ1n) is 8.81. The summed E-state index contributed by atoms with van der Waals surface area (Å²) in [5, 5.41) is 5.96. The van der Waals surface area contributed by atoms with Gasteiger partial charge < -0.3 is 9.84 Å². The predicted molar refractivity (Wildman–Crippen MR) is 107 cm³/mol. The maximum Gasteiger partial charge on any atom is 0.244 e. The van der Waals surface area contributed by atoms with Crippen molar-refractivity contribution in [1.29, 1.82) is 0 Å². The molecule has 2 N–H and O–H groups in total. The largest absolute Gasteiger partial charge is 0.360 e. The molecule has 2 aromatic rings. The van der Waals surface area contributed by atoms with Crippen molar-refractivity contribution < 1.29 is 30.9 Å². The first-order chi connectivity index (χ1) is 13.9. The fourth-order valence-corrected chi connectivity index (χ4v) is 6.02. The maximum absolute atomic E-state index is 12.6. The third kappa shape index (κ3) is 4.37. The zero-order chi connectivity index (χ0) is 22.3. The molecule has 1 saturated heterocycles. The number of aryl methyl sites for hydroxylation is 2. The SMILES string of the molecule is Cc1cc(NC(=O)CNS(=O)(=O)c2ccc(N3C(=O)C(C)CS3(=O)=O)cc2C)no1. The van der Waals surface area contributed by atoms with Crippen LogP contribution in [0, 0.1) is 19.8 Å². The van der Waals surface area contributed by atoms with Gasteiger partial charge >= 0.3 is 0 Å². The lowest BCUT2D eigenvalue weighted by atomic mass is 10.2. The van der Waals surface area contributed by atoms with E-state index in [4.69, 9.17) is 4.52 Å². The van der Waals surface area contributed by atoms with Crippen LogP contribution in [0.5, 0.6) is 0 Å². The van der Waals surface area contributed by atoms with Crippen molar-refractivity contribution in [3.63, 3.8) is 0 Å². The van der Waals surface area contributed by atoms with Gasteiger partial charge in [0.2, 0.25) is 31.9 Å². The standard InChI is InChI=1S/C17H20N4O7S2/c1-10-6-13(21-17(23)11(2)9-29(21,24)25)4-5-14(10)30(26,27)18-8-16(22)19-15-7-12(3)28-20-15/h4-7,11,18H,8-9H2,1-3H3,(H,19,20,22). The van der Waals surface area contributed by atoms with Gasteiger partial charge in [0, 0.05) is 6.07 Å². The molecule has 0 radical (unpaired) electrons. The summed E-state index contributed by atoms with van der Waals surface area (Å²) in [7, 11) is -7.87. The van der Waals surface area contributed by atoms with Crippen molar-refractivity contribution in [3.05, 3.63) is 35.6 Å². The second kappa shape index (κ2) is 7.81. The minimum atomic E-state index is -4.07. The molecule has 2 heterocycles. The molecule has 1 unspecified atom stereocenters. The van der Waals surface area contributed by atoms with Crippen molar-refractivity contribution in [2.45, 2.75) is 25.7 Å². The lowest BCUT2D eigenvalue weighted by Crippen LogP contribution is -2.33. The smallest absolute Gasteiger partial charge is 0.244 e. The van der Waals surface area contributed by atoms with Gasteiger partial charge in [-0.05, 0) is 37.6 Å². The first kappa shape index (κ1) is 21.9. The van der Waals surface area contributed by atoms with Crippen LogP contribution in [0.1, 0.15) is 18.2 Å². The molecule has 11 nitrogen and oxygen atoms in total. The molecule has 0 aliphatic carbocycles. The van der Waals surface area contributed by atoms with Gasteiger partial charge in [-0.2, -0.15) is 0 Å². The van der Waals surface area contributed by atoms with Crippen LogP contribution < -0.4 is 14.3 Å². The highest BCUT2D eigenvalue weighted by molar-refractivity contribution is 7.94. The number of nitrogens with zero attached hydrogens (tertiary/aromatic N) is 2. The highest BCUT2D eigenvalue weighted by Crippen LogP contribution is 2.30. The normalized spacial score (nSPS) is 18.6. The van der Waals surface area contributed by atoms with Crippen molar-refractivity contribution in [3.8, 4) is 0 Å². The summed E-state index contributed by atoms with van der Waals surface area (Å²) in [5.74, 6) is -1.55. The van der Waals surface area contributed by atoms with Gasteiger partial charge in [-0.3, -0.25) is 9.59 Å². The third-order valence-electron chi connectivity index (χ3n) is 4.36. The molecule has 3 rings (SSSR count). The Morgan fingerprint density at radius 3 is 2.53 bits per heavy atom. The third-order valence-corrected chi connectivity index (χ3v) is 7.79. The van der Waals surface area contributed by atoms with Crippen LogP contribution in [0.4, 0.5) is 11.5 Å². The molecule has 1 aromatic carbocycles. The second-order valence-electron chi connectivity index (χ2n) is 6.93. The van der Waals surface area contributed by atoms with E-state index in [9.17, 15) is 26.4 Å². The molecular formula is C17H20N4O7S2. The monoisotopic (exact) mass is 456 g/mol. The molecule has 0 saturated carbocycles. The van der Waals surface area contributed by atoms with Crippen molar-refractivity contribution in [1.82, 2.24) is 9.88 Å². The molecule has 1 fully saturated rings. The molecule has 0 bridgehead atoms. The summed E-state index contributed by atoms with van der Waals surface area (Å²) >= 11 is 0.